The second kappa shape index (κ2) is 11.9. The number of anilines is 2. The number of benzene rings is 2. The minimum Gasteiger partial charge on any atom is -0.315 e. The van der Waals surface area contributed by atoms with Gasteiger partial charge in [0.15, 0.2) is 0 Å². The van der Waals surface area contributed by atoms with E-state index in [9.17, 15) is 9.59 Å². The third-order valence-corrected chi connectivity index (χ3v) is 6.66. The van der Waals surface area contributed by atoms with E-state index in [0.717, 1.165) is 5.69 Å². The van der Waals surface area contributed by atoms with Gasteiger partial charge >= 0.3 is 6.03 Å². The summed E-state index contributed by atoms with van der Waals surface area (Å²) in [4.78, 5) is 27.7. The van der Waals surface area contributed by atoms with Crippen LogP contribution in [0.4, 0.5) is 16.3 Å². The fourth-order valence-electron chi connectivity index (χ4n) is 3.47. The van der Waals surface area contributed by atoms with E-state index >= 15 is 0 Å². The first-order chi connectivity index (χ1) is 17.3. The van der Waals surface area contributed by atoms with E-state index < -0.39 is 11.9 Å². The predicted molar refractivity (Wildman–Crippen MR) is 153 cm³/mol. The second-order valence-electron chi connectivity index (χ2n) is 10.0. The highest BCUT2D eigenvalue weighted by molar-refractivity contribution is 6.42. The van der Waals surface area contributed by atoms with E-state index in [1.807, 2.05) is 34.6 Å². The number of hydrogen-bond donors (Lipinski definition) is 2. The lowest BCUT2D eigenvalue weighted by Crippen LogP contribution is -2.42. The molecule has 0 spiro atoms. The van der Waals surface area contributed by atoms with Crippen LogP contribution >= 0.6 is 46.4 Å². The van der Waals surface area contributed by atoms with Gasteiger partial charge in [-0.25, -0.2) is 9.48 Å². The van der Waals surface area contributed by atoms with Crippen LogP contribution in [0.2, 0.25) is 20.1 Å². The van der Waals surface area contributed by atoms with E-state index in [1.165, 1.54) is 4.90 Å². The van der Waals surface area contributed by atoms with Gasteiger partial charge in [-0.3, -0.25) is 4.79 Å². The summed E-state index contributed by atoms with van der Waals surface area (Å²) in [7, 11) is 0. The maximum Gasteiger partial charge on any atom is 0.322 e. The number of nitrogens with zero attached hydrogens (tertiary/aromatic N) is 3. The normalized spacial score (nSPS) is 11.5. The van der Waals surface area contributed by atoms with Crippen molar-refractivity contribution in [3.8, 4) is 5.69 Å². The average Bonchev–Trinajstić information content (AvgIpc) is 3.21. The molecule has 7 nitrogen and oxygen atoms in total. The molecule has 0 aliphatic rings. The maximum atomic E-state index is 13.2. The van der Waals surface area contributed by atoms with Crippen LogP contribution in [-0.4, -0.2) is 39.7 Å². The molecular weight excluding hydrogens is 556 g/mol. The Morgan fingerprint density at radius 2 is 1.59 bits per heavy atom. The molecule has 0 aliphatic heterocycles. The zero-order chi connectivity index (χ0) is 27.5. The highest BCUT2D eigenvalue weighted by atomic mass is 35.5. The number of amides is 3. The Morgan fingerprint density at radius 3 is 2.16 bits per heavy atom. The molecule has 198 valence electrons. The first-order valence-electron chi connectivity index (χ1n) is 11.6. The van der Waals surface area contributed by atoms with E-state index in [0.29, 0.717) is 38.1 Å². The third kappa shape index (κ3) is 7.54. The zero-order valence-electron chi connectivity index (χ0n) is 21.2. The summed E-state index contributed by atoms with van der Waals surface area (Å²) >= 11 is 24.7. The van der Waals surface area contributed by atoms with Crippen LogP contribution in [0.1, 0.15) is 40.3 Å². The van der Waals surface area contributed by atoms with Crippen molar-refractivity contribution in [2.24, 2.45) is 5.92 Å². The van der Waals surface area contributed by atoms with Gasteiger partial charge in [0, 0.05) is 18.0 Å². The Morgan fingerprint density at radius 1 is 0.946 bits per heavy atom. The van der Waals surface area contributed by atoms with E-state index in [1.54, 1.807) is 47.1 Å². The quantitative estimate of drug-likeness (QED) is 0.296. The molecule has 0 saturated heterocycles. The van der Waals surface area contributed by atoms with Crippen molar-refractivity contribution in [1.29, 1.82) is 0 Å². The molecule has 37 heavy (non-hydrogen) atoms. The number of aromatic nitrogens is 2. The fraction of sp³-hybridized carbons (Fsp3) is 0.346. The summed E-state index contributed by atoms with van der Waals surface area (Å²) in [6.07, 6.45) is 0. The predicted octanol–water partition coefficient (Wildman–Crippen LogP) is 7.91. The van der Waals surface area contributed by atoms with Gasteiger partial charge < -0.3 is 15.5 Å². The smallest absolute Gasteiger partial charge is 0.315 e. The minimum atomic E-state index is -0.493. The van der Waals surface area contributed by atoms with Crippen LogP contribution in [0, 0.1) is 5.92 Å². The van der Waals surface area contributed by atoms with Crippen molar-refractivity contribution in [3.63, 3.8) is 0 Å². The van der Waals surface area contributed by atoms with E-state index in [-0.39, 0.29) is 23.6 Å². The van der Waals surface area contributed by atoms with Gasteiger partial charge in [0.2, 0.25) is 5.91 Å². The molecule has 0 unspecified atom stereocenters. The minimum absolute atomic E-state index is 0.106. The maximum absolute atomic E-state index is 13.2. The average molecular weight is 585 g/mol. The number of hydrogen-bond acceptors (Lipinski definition) is 3. The van der Waals surface area contributed by atoms with Crippen LogP contribution in [0.15, 0.2) is 42.5 Å². The number of rotatable bonds is 7. The molecule has 2 aromatic carbocycles. The fourth-order valence-corrected chi connectivity index (χ4v) is 4.25. The van der Waals surface area contributed by atoms with Crippen molar-refractivity contribution in [2.45, 2.75) is 40.0 Å². The molecule has 1 heterocycles. The Bertz CT molecular complexity index is 1280. The Balaban J connectivity index is 1.86. The van der Waals surface area contributed by atoms with Crippen molar-refractivity contribution in [1.82, 2.24) is 14.7 Å². The molecule has 3 amide bonds. The summed E-state index contributed by atoms with van der Waals surface area (Å²) in [5.74, 6) is 0.143. The molecule has 1 aromatic heterocycles. The summed E-state index contributed by atoms with van der Waals surface area (Å²) in [5, 5.41) is 11.7. The summed E-state index contributed by atoms with van der Waals surface area (Å²) in [6, 6.07) is 11.3. The molecular formula is C26H29Cl4N5O2. The first-order valence-corrected chi connectivity index (χ1v) is 13.1. The number of nitrogens with one attached hydrogen (secondary N) is 2. The van der Waals surface area contributed by atoms with Gasteiger partial charge in [0.25, 0.3) is 0 Å². The van der Waals surface area contributed by atoms with E-state index in [2.05, 4.69) is 10.6 Å². The molecule has 0 aliphatic carbocycles. The largest absolute Gasteiger partial charge is 0.322 e. The van der Waals surface area contributed by atoms with Crippen molar-refractivity contribution < 1.29 is 9.59 Å². The summed E-state index contributed by atoms with van der Waals surface area (Å²) in [6.45, 7) is 10.1. The SMILES string of the molecule is CC(C)CN(CC(=O)Nc1cc(C(C)(C)C)nn1-c1ccc(Cl)c(Cl)c1)C(=O)Nc1c(Cl)cccc1Cl. The van der Waals surface area contributed by atoms with Crippen LogP contribution < -0.4 is 10.6 Å². The van der Waals surface area contributed by atoms with Gasteiger partial charge in [-0.05, 0) is 36.2 Å². The Hall–Kier alpha value is -2.45. The van der Waals surface area contributed by atoms with Gasteiger partial charge in [-0.2, -0.15) is 5.10 Å². The molecule has 3 aromatic rings. The lowest BCUT2D eigenvalue weighted by molar-refractivity contribution is -0.116. The van der Waals surface area contributed by atoms with Crippen LogP contribution in [0.5, 0.6) is 0 Å². The zero-order valence-corrected chi connectivity index (χ0v) is 24.2. The number of para-hydroxylation sites is 1. The topological polar surface area (TPSA) is 79.3 Å². The second-order valence-corrected chi connectivity index (χ2v) is 11.7. The van der Waals surface area contributed by atoms with Gasteiger partial charge in [0.05, 0.1) is 37.2 Å². The summed E-state index contributed by atoms with van der Waals surface area (Å²) in [5.41, 5.74) is 1.40. The van der Waals surface area contributed by atoms with Crippen molar-refractivity contribution in [2.75, 3.05) is 23.7 Å². The third-order valence-electron chi connectivity index (χ3n) is 5.29. The monoisotopic (exact) mass is 583 g/mol. The van der Waals surface area contributed by atoms with Crippen LogP contribution in [0.3, 0.4) is 0 Å². The van der Waals surface area contributed by atoms with Gasteiger partial charge in [0.1, 0.15) is 12.4 Å². The van der Waals surface area contributed by atoms with Gasteiger partial charge in [-0.1, -0.05) is 87.1 Å². The number of carbonyl (C=O) groups is 2. The number of carbonyl (C=O) groups excluding carboxylic acids is 2. The molecule has 2 N–H and O–H groups in total. The number of halogens is 4. The highest BCUT2D eigenvalue weighted by Gasteiger charge is 2.24. The molecule has 11 heteroatoms. The van der Waals surface area contributed by atoms with Crippen LogP contribution in [0.25, 0.3) is 5.69 Å². The van der Waals surface area contributed by atoms with E-state index in [4.69, 9.17) is 51.5 Å². The molecule has 0 fully saturated rings. The van der Waals surface area contributed by atoms with Crippen molar-refractivity contribution in [3.05, 3.63) is 68.2 Å². The molecule has 3 rings (SSSR count). The standard InChI is InChI=1S/C26H29Cl4N5O2/c1-15(2)13-34(25(37)32-24-18(28)7-6-8-19(24)29)14-23(36)31-22-12-21(26(3,4)5)33-35(22)16-9-10-17(27)20(30)11-16/h6-12,15H,13-14H2,1-5H3,(H,31,36)(H,32,37). The molecule has 0 radical (unpaired) electrons. The van der Waals surface area contributed by atoms with Crippen LogP contribution in [-0.2, 0) is 10.2 Å². The number of urea groups is 1. The van der Waals surface area contributed by atoms with Gasteiger partial charge in [-0.15, -0.1) is 0 Å². The Labute approximate surface area is 237 Å². The molecule has 0 atom stereocenters. The first kappa shape index (κ1) is 29.1. The Kier molecular flexibility index (Phi) is 9.40. The molecule has 0 bridgehead atoms. The summed E-state index contributed by atoms with van der Waals surface area (Å²) < 4.78 is 1.59. The lowest BCUT2D eigenvalue weighted by atomic mass is 9.92. The lowest BCUT2D eigenvalue weighted by Gasteiger charge is -2.25. The highest BCUT2D eigenvalue weighted by Crippen LogP contribution is 2.31. The molecule has 0 saturated carbocycles. The van der Waals surface area contributed by atoms with Crippen molar-refractivity contribution >= 4 is 69.8 Å².